The maximum atomic E-state index is 11.4. The molecule has 10 heteroatoms. The SMILES string of the molecule is CC(=O)N1CCC(N[C@@H]2C[C@H](Cn3cc(C4CC4)nn3)[C@@H](O)[C@H]2O)CC1.Cl.Cl. The highest BCUT2D eigenvalue weighted by Crippen LogP contribution is 2.38. The fourth-order valence-corrected chi connectivity index (χ4v) is 4.34. The van der Waals surface area contributed by atoms with E-state index in [0.29, 0.717) is 18.9 Å². The number of rotatable bonds is 5. The Morgan fingerprint density at radius 1 is 1.18 bits per heavy atom. The van der Waals surface area contributed by atoms with Gasteiger partial charge in [-0.3, -0.25) is 9.48 Å². The summed E-state index contributed by atoms with van der Waals surface area (Å²) < 4.78 is 1.81. The first kappa shape index (κ1) is 23.3. The Kier molecular flexibility index (Phi) is 8.10. The molecule has 28 heavy (non-hydrogen) atoms. The Labute approximate surface area is 177 Å². The number of carbonyl (C=O) groups excluding carboxylic acids is 1. The van der Waals surface area contributed by atoms with Crippen LogP contribution in [0.25, 0.3) is 0 Å². The Bertz CT molecular complexity index is 649. The molecule has 1 aromatic heterocycles. The van der Waals surface area contributed by atoms with Crippen LogP contribution < -0.4 is 5.32 Å². The first-order valence-corrected chi connectivity index (χ1v) is 9.79. The fourth-order valence-electron chi connectivity index (χ4n) is 4.34. The number of nitrogens with one attached hydrogen (secondary N) is 1. The number of amides is 1. The number of piperidine rings is 1. The normalized spacial score (nSPS) is 30.6. The number of hydrogen-bond donors (Lipinski definition) is 3. The Hall–Kier alpha value is -0.930. The van der Waals surface area contributed by atoms with Crippen molar-refractivity contribution in [3.8, 4) is 0 Å². The van der Waals surface area contributed by atoms with Crippen LogP contribution in [0.15, 0.2) is 6.20 Å². The summed E-state index contributed by atoms with van der Waals surface area (Å²) in [6.45, 7) is 3.70. The molecule has 160 valence electrons. The number of aliphatic hydroxyl groups excluding tert-OH is 2. The smallest absolute Gasteiger partial charge is 0.219 e. The molecule has 2 saturated carbocycles. The van der Waals surface area contributed by atoms with Crippen molar-refractivity contribution in [3.63, 3.8) is 0 Å². The lowest BCUT2D eigenvalue weighted by Gasteiger charge is -2.34. The minimum atomic E-state index is -0.766. The lowest BCUT2D eigenvalue weighted by Crippen LogP contribution is -2.50. The zero-order chi connectivity index (χ0) is 18.3. The molecule has 1 aliphatic heterocycles. The van der Waals surface area contributed by atoms with Crippen LogP contribution >= 0.6 is 24.8 Å². The van der Waals surface area contributed by atoms with Crippen molar-refractivity contribution >= 4 is 30.7 Å². The number of aromatic nitrogens is 3. The number of hydrogen-bond acceptors (Lipinski definition) is 6. The van der Waals surface area contributed by atoms with Gasteiger partial charge in [0, 0.05) is 56.7 Å². The monoisotopic (exact) mass is 435 g/mol. The van der Waals surface area contributed by atoms with Gasteiger partial charge in [-0.15, -0.1) is 29.9 Å². The van der Waals surface area contributed by atoms with E-state index in [1.165, 1.54) is 12.8 Å². The second-order valence-electron chi connectivity index (χ2n) is 8.17. The molecule has 0 bridgehead atoms. The molecule has 3 aliphatic rings. The molecule has 0 aromatic carbocycles. The summed E-state index contributed by atoms with van der Waals surface area (Å²) in [5.74, 6) is 0.657. The first-order valence-electron chi connectivity index (χ1n) is 9.79. The predicted molar refractivity (Wildman–Crippen MR) is 109 cm³/mol. The molecule has 0 radical (unpaired) electrons. The van der Waals surface area contributed by atoms with Crippen molar-refractivity contribution in [2.45, 2.75) is 75.8 Å². The van der Waals surface area contributed by atoms with E-state index >= 15 is 0 Å². The molecule has 1 amide bonds. The highest BCUT2D eigenvalue weighted by atomic mass is 35.5. The molecular formula is C18H31Cl2N5O3. The van der Waals surface area contributed by atoms with E-state index in [-0.39, 0.29) is 48.7 Å². The summed E-state index contributed by atoms with van der Waals surface area (Å²) in [6, 6.07) is 0.166. The molecule has 3 fully saturated rings. The molecule has 2 aliphatic carbocycles. The van der Waals surface area contributed by atoms with Gasteiger partial charge in [-0.2, -0.15) is 0 Å². The summed E-state index contributed by atoms with van der Waals surface area (Å²) in [6.07, 6.45) is 5.34. The van der Waals surface area contributed by atoms with E-state index in [0.717, 1.165) is 31.6 Å². The fraction of sp³-hybridized carbons (Fsp3) is 0.833. The number of aliphatic hydroxyl groups is 2. The van der Waals surface area contributed by atoms with Crippen LogP contribution in [-0.4, -0.2) is 73.4 Å². The third kappa shape index (κ3) is 5.16. The predicted octanol–water partition coefficient (Wildman–Crippen LogP) is 0.710. The van der Waals surface area contributed by atoms with E-state index in [1.54, 1.807) is 6.92 Å². The van der Waals surface area contributed by atoms with Gasteiger partial charge in [0.2, 0.25) is 5.91 Å². The quantitative estimate of drug-likeness (QED) is 0.628. The Balaban J connectivity index is 0.00000140. The van der Waals surface area contributed by atoms with Crippen molar-refractivity contribution in [1.82, 2.24) is 25.2 Å². The molecule has 8 nitrogen and oxygen atoms in total. The molecule has 1 saturated heterocycles. The molecule has 1 aromatic rings. The molecule has 0 unspecified atom stereocenters. The van der Waals surface area contributed by atoms with Crippen molar-refractivity contribution in [2.24, 2.45) is 5.92 Å². The van der Waals surface area contributed by atoms with E-state index in [1.807, 2.05) is 15.8 Å². The van der Waals surface area contributed by atoms with Crippen LogP contribution in [0.3, 0.4) is 0 Å². The highest BCUT2D eigenvalue weighted by Gasteiger charge is 2.42. The van der Waals surface area contributed by atoms with Crippen LogP contribution in [0.1, 0.15) is 50.6 Å². The summed E-state index contributed by atoms with van der Waals surface area (Å²) in [5, 5.41) is 32.8. The van der Waals surface area contributed by atoms with Crippen molar-refractivity contribution < 1.29 is 15.0 Å². The lowest BCUT2D eigenvalue weighted by atomic mass is 10.0. The molecule has 4 atom stereocenters. The molecular weight excluding hydrogens is 405 g/mol. The standard InChI is InChI=1S/C18H29N5O3.2ClH/c1-11(24)22-6-4-14(5-7-22)19-15-8-13(17(25)18(15)26)9-23-10-16(20-21-23)12-2-3-12;;/h10,12-15,17-19,25-26H,2-9H2,1H3;2*1H/t13-,15-,17-,18+;;/m1../s1. The van der Waals surface area contributed by atoms with E-state index in [4.69, 9.17) is 0 Å². The number of nitrogens with zero attached hydrogens (tertiary/aromatic N) is 4. The number of halogens is 2. The largest absolute Gasteiger partial charge is 0.390 e. The van der Waals surface area contributed by atoms with Crippen LogP contribution in [0.2, 0.25) is 0 Å². The van der Waals surface area contributed by atoms with E-state index < -0.39 is 12.2 Å². The van der Waals surface area contributed by atoms with Gasteiger partial charge in [-0.05, 0) is 32.1 Å². The second kappa shape index (κ2) is 9.71. The highest BCUT2D eigenvalue weighted by molar-refractivity contribution is 5.85. The van der Waals surface area contributed by atoms with Gasteiger partial charge >= 0.3 is 0 Å². The molecule has 2 heterocycles. The van der Waals surface area contributed by atoms with Gasteiger partial charge in [-0.1, -0.05) is 5.21 Å². The topological polar surface area (TPSA) is 104 Å². The van der Waals surface area contributed by atoms with Crippen molar-refractivity contribution in [1.29, 1.82) is 0 Å². The Morgan fingerprint density at radius 2 is 1.86 bits per heavy atom. The van der Waals surface area contributed by atoms with Crippen molar-refractivity contribution in [2.75, 3.05) is 13.1 Å². The van der Waals surface area contributed by atoms with Gasteiger partial charge < -0.3 is 20.4 Å². The summed E-state index contributed by atoms with van der Waals surface area (Å²) in [7, 11) is 0. The summed E-state index contributed by atoms with van der Waals surface area (Å²) >= 11 is 0. The van der Waals surface area contributed by atoms with Gasteiger partial charge in [0.15, 0.2) is 0 Å². The Morgan fingerprint density at radius 3 is 2.46 bits per heavy atom. The maximum Gasteiger partial charge on any atom is 0.219 e. The minimum Gasteiger partial charge on any atom is -0.390 e. The summed E-state index contributed by atoms with van der Waals surface area (Å²) in [5.41, 5.74) is 1.05. The third-order valence-electron chi connectivity index (χ3n) is 6.17. The third-order valence-corrected chi connectivity index (χ3v) is 6.17. The van der Waals surface area contributed by atoms with Crippen LogP contribution in [0, 0.1) is 5.92 Å². The van der Waals surface area contributed by atoms with Crippen LogP contribution in [0.4, 0.5) is 0 Å². The van der Waals surface area contributed by atoms with Crippen LogP contribution in [-0.2, 0) is 11.3 Å². The molecule has 0 spiro atoms. The second-order valence-corrected chi connectivity index (χ2v) is 8.17. The zero-order valence-electron chi connectivity index (χ0n) is 16.1. The van der Waals surface area contributed by atoms with E-state index in [2.05, 4.69) is 15.6 Å². The number of likely N-dealkylation sites (tertiary alicyclic amines) is 1. The van der Waals surface area contributed by atoms with Gasteiger partial charge in [0.25, 0.3) is 0 Å². The lowest BCUT2D eigenvalue weighted by molar-refractivity contribution is -0.129. The van der Waals surface area contributed by atoms with Gasteiger partial charge in [-0.25, -0.2) is 0 Å². The molecule has 3 N–H and O–H groups in total. The zero-order valence-corrected chi connectivity index (χ0v) is 17.7. The number of carbonyl (C=O) groups is 1. The average Bonchev–Trinajstić information content (AvgIpc) is 3.33. The van der Waals surface area contributed by atoms with E-state index in [9.17, 15) is 15.0 Å². The molecule has 4 rings (SSSR count). The average molecular weight is 436 g/mol. The minimum absolute atomic E-state index is 0. The van der Waals surface area contributed by atoms with Gasteiger partial charge in [0.1, 0.15) is 0 Å². The van der Waals surface area contributed by atoms with Gasteiger partial charge in [0.05, 0.1) is 17.9 Å². The first-order chi connectivity index (χ1) is 12.5. The maximum absolute atomic E-state index is 11.4. The summed E-state index contributed by atoms with van der Waals surface area (Å²) in [4.78, 5) is 13.3. The van der Waals surface area contributed by atoms with Crippen LogP contribution in [0.5, 0.6) is 0 Å². The van der Waals surface area contributed by atoms with Crippen molar-refractivity contribution in [3.05, 3.63) is 11.9 Å².